The van der Waals surface area contributed by atoms with Crippen molar-refractivity contribution >= 4 is 0 Å². The fourth-order valence-corrected chi connectivity index (χ4v) is 1.96. The third-order valence-electron chi connectivity index (χ3n) is 2.76. The van der Waals surface area contributed by atoms with Crippen molar-refractivity contribution in [2.45, 2.75) is 18.6 Å². The highest BCUT2D eigenvalue weighted by atomic mass is 16.5. The molecule has 0 saturated carbocycles. The Morgan fingerprint density at radius 2 is 2.00 bits per heavy atom. The van der Waals surface area contributed by atoms with E-state index in [2.05, 4.69) is 4.90 Å². The van der Waals surface area contributed by atoms with E-state index < -0.39 is 0 Å². The Labute approximate surface area is 86.1 Å². The van der Waals surface area contributed by atoms with E-state index in [0.717, 1.165) is 32.7 Å². The molecule has 0 aromatic rings. The first-order valence-electron chi connectivity index (χ1n) is 5.06. The summed E-state index contributed by atoms with van der Waals surface area (Å²) in [6.07, 6.45) is 1.42. The van der Waals surface area contributed by atoms with Crippen LogP contribution in [0.25, 0.3) is 0 Å². The molecule has 0 aromatic carbocycles. The van der Waals surface area contributed by atoms with E-state index in [4.69, 9.17) is 14.2 Å². The lowest BCUT2D eigenvalue weighted by atomic mass is 10.2. The van der Waals surface area contributed by atoms with Crippen LogP contribution < -0.4 is 0 Å². The van der Waals surface area contributed by atoms with Gasteiger partial charge in [-0.05, 0) is 6.42 Å². The van der Waals surface area contributed by atoms with Gasteiger partial charge in [0.05, 0.1) is 19.3 Å². The fourth-order valence-electron chi connectivity index (χ4n) is 1.96. The summed E-state index contributed by atoms with van der Waals surface area (Å²) in [7, 11) is 5.25. The summed E-state index contributed by atoms with van der Waals surface area (Å²) in [4.78, 5) is 2.38. The molecule has 1 fully saturated rings. The SMILES string of the molecule is COCCN1C[C@H](OC)C[C@H]1COC. The fraction of sp³-hybridized carbons (Fsp3) is 1.00. The minimum atomic E-state index is 0.354. The Bertz CT molecular complexity index is 154. The third kappa shape index (κ3) is 3.20. The maximum atomic E-state index is 5.36. The van der Waals surface area contributed by atoms with E-state index in [1.165, 1.54) is 0 Å². The van der Waals surface area contributed by atoms with Crippen LogP contribution in [-0.4, -0.2) is 64.7 Å². The molecule has 1 aliphatic rings. The van der Waals surface area contributed by atoms with Gasteiger partial charge in [0.1, 0.15) is 0 Å². The summed E-state index contributed by atoms with van der Waals surface area (Å²) in [5.74, 6) is 0. The molecule has 1 heterocycles. The largest absolute Gasteiger partial charge is 0.383 e. The van der Waals surface area contributed by atoms with Crippen LogP contribution in [0.15, 0.2) is 0 Å². The molecule has 14 heavy (non-hydrogen) atoms. The zero-order valence-corrected chi connectivity index (χ0v) is 9.36. The molecule has 0 spiro atoms. The number of ether oxygens (including phenoxy) is 3. The van der Waals surface area contributed by atoms with Crippen molar-refractivity contribution in [3.05, 3.63) is 0 Å². The van der Waals surface area contributed by atoms with E-state index in [1.54, 1.807) is 21.3 Å². The van der Waals surface area contributed by atoms with E-state index >= 15 is 0 Å². The lowest BCUT2D eigenvalue weighted by molar-refractivity contribution is 0.0870. The highest BCUT2D eigenvalue weighted by molar-refractivity contribution is 4.85. The van der Waals surface area contributed by atoms with Gasteiger partial charge in [-0.3, -0.25) is 4.90 Å². The van der Waals surface area contributed by atoms with Crippen LogP contribution in [0.2, 0.25) is 0 Å². The van der Waals surface area contributed by atoms with Crippen LogP contribution in [-0.2, 0) is 14.2 Å². The minimum absolute atomic E-state index is 0.354. The normalized spacial score (nSPS) is 28.5. The summed E-state index contributed by atoms with van der Waals surface area (Å²) in [5.41, 5.74) is 0. The van der Waals surface area contributed by atoms with E-state index in [-0.39, 0.29) is 0 Å². The highest BCUT2D eigenvalue weighted by Gasteiger charge is 2.31. The lowest BCUT2D eigenvalue weighted by Crippen LogP contribution is -2.35. The van der Waals surface area contributed by atoms with Crippen molar-refractivity contribution < 1.29 is 14.2 Å². The van der Waals surface area contributed by atoms with Gasteiger partial charge in [-0.1, -0.05) is 0 Å². The van der Waals surface area contributed by atoms with Crippen molar-refractivity contribution in [2.24, 2.45) is 0 Å². The number of hydrogen-bond donors (Lipinski definition) is 0. The van der Waals surface area contributed by atoms with E-state index in [1.807, 2.05) is 0 Å². The van der Waals surface area contributed by atoms with E-state index in [9.17, 15) is 0 Å². The van der Waals surface area contributed by atoms with Crippen molar-refractivity contribution in [1.29, 1.82) is 0 Å². The summed E-state index contributed by atoms with van der Waals surface area (Å²) < 4.78 is 15.6. The third-order valence-corrected chi connectivity index (χ3v) is 2.76. The Morgan fingerprint density at radius 1 is 1.21 bits per heavy atom. The molecule has 84 valence electrons. The molecule has 1 rings (SSSR count). The van der Waals surface area contributed by atoms with E-state index in [0.29, 0.717) is 12.1 Å². The second kappa shape index (κ2) is 6.35. The van der Waals surface area contributed by atoms with Crippen LogP contribution in [0, 0.1) is 0 Å². The van der Waals surface area contributed by atoms with Gasteiger partial charge in [-0.2, -0.15) is 0 Å². The Morgan fingerprint density at radius 3 is 2.57 bits per heavy atom. The maximum Gasteiger partial charge on any atom is 0.0714 e. The van der Waals surface area contributed by atoms with Gasteiger partial charge in [-0.25, -0.2) is 0 Å². The Balaban J connectivity index is 2.36. The number of rotatable bonds is 6. The zero-order chi connectivity index (χ0) is 10.4. The molecule has 0 unspecified atom stereocenters. The van der Waals surface area contributed by atoms with Crippen LogP contribution in [0.4, 0.5) is 0 Å². The first kappa shape index (κ1) is 11.9. The molecule has 0 N–H and O–H groups in total. The van der Waals surface area contributed by atoms with Gasteiger partial charge in [-0.15, -0.1) is 0 Å². The predicted octanol–water partition coefficient (Wildman–Crippen LogP) is 0.369. The van der Waals surface area contributed by atoms with Gasteiger partial charge < -0.3 is 14.2 Å². The van der Waals surface area contributed by atoms with Crippen molar-refractivity contribution in [2.75, 3.05) is 47.6 Å². The lowest BCUT2D eigenvalue weighted by Gasteiger charge is -2.22. The van der Waals surface area contributed by atoms with Crippen LogP contribution in [0.1, 0.15) is 6.42 Å². The molecule has 1 saturated heterocycles. The summed E-state index contributed by atoms with van der Waals surface area (Å²) in [6.45, 7) is 3.51. The molecule has 1 aliphatic heterocycles. The zero-order valence-electron chi connectivity index (χ0n) is 9.36. The molecule has 0 aromatic heterocycles. The monoisotopic (exact) mass is 203 g/mol. The minimum Gasteiger partial charge on any atom is -0.383 e. The van der Waals surface area contributed by atoms with Gasteiger partial charge in [0.2, 0.25) is 0 Å². The summed E-state index contributed by atoms with van der Waals surface area (Å²) in [6, 6.07) is 0.486. The maximum absolute atomic E-state index is 5.36. The number of methoxy groups -OCH3 is 3. The number of hydrogen-bond acceptors (Lipinski definition) is 4. The molecule has 0 radical (unpaired) electrons. The Hall–Kier alpha value is -0.160. The van der Waals surface area contributed by atoms with Crippen molar-refractivity contribution in [3.63, 3.8) is 0 Å². The smallest absolute Gasteiger partial charge is 0.0714 e. The highest BCUT2D eigenvalue weighted by Crippen LogP contribution is 2.19. The van der Waals surface area contributed by atoms with Gasteiger partial charge in [0, 0.05) is 40.5 Å². The topological polar surface area (TPSA) is 30.9 Å². The second-order valence-electron chi connectivity index (χ2n) is 3.69. The van der Waals surface area contributed by atoms with Crippen molar-refractivity contribution in [3.8, 4) is 0 Å². The van der Waals surface area contributed by atoms with Crippen molar-refractivity contribution in [1.82, 2.24) is 4.90 Å². The van der Waals surface area contributed by atoms with Gasteiger partial charge in [0.15, 0.2) is 0 Å². The first-order chi connectivity index (χ1) is 6.81. The van der Waals surface area contributed by atoms with Crippen LogP contribution in [0.5, 0.6) is 0 Å². The molecule has 4 heteroatoms. The summed E-state index contributed by atoms with van der Waals surface area (Å²) >= 11 is 0. The van der Waals surface area contributed by atoms with Crippen LogP contribution >= 0.6 is 0 Å². The number of likely N-dealkylation sites (tertiary alicyclic amines) is 1. The predicted molar refractivity (Wildman–Crippen MR) is 54.5 cm³/mol. The molecular weight excluding hydrogens is 182 g/mol. The number of nitrogens with zero attached hydrogens (tertiary/aromatic N) is 1. The molecule has 0 aliphatic carbocycles. The van der Waals surface area contributed by atoms with Gasteiger partial charge >= 0.3 is 0 Å². The van der Waals surface area contributed by atoms with Gasteiger partial charge in [0.25, 0.3) is 0 Å². The average Bonchev–Trinajstić information content (AvgIpc) is 2.58. The molecule has 0 amide bonds. The molecule has 4 nitrogen and oxygen atoms in total. The standard InChI is InChI=1S/C10H21NO3/c1-12-5-4-11-7-10(14-3)6-9(11)8-13-2/h9-10H,4-8H2,1-3H3/t9-,10+/m0/s1. The Kier molecular flexibility index (Phi) is 5.40. The average molecular weight is 203 g/mol. The summed E-state index contributed by atoms with van der Waals surface area (Å²) in [5, 5.41) is 0. The molecular formula is C10H21NO3. The molecule has 0 bridgehead atoms. The quantitative estimate of drug-likeness (QED) is 0.624. The van der Waals surface area contributed by atoms with Crippen LogP contribution in [0.3, 0.4) is 0 Å². The molecule has 2 atom stereocenters. The first-order valence-corrected chi connectivity index (χ1v) is 5.06. The second-order valence-corrected chi connectivity index (χ2v) is 3.69.